The Balaban J connectivity index is 0.000000478. The first-order valence-electron chi connectivity index (χ1n) is 9.89. The van der Waals surface area contributed by atoms with Crippen LogP contribution in [-0.4, -0.2) is 49.8 Å². The van der Waals surface area contributed by atoms with Gasteiger partial charge >= 0.3 is 12.1 Å². The average Bonchev–Trinajstić information content (AvgIpc) is 3.09. The third kappa shape index (κ3) is 5.51. The Morgan fingerprint density at radius 1 is 1.35 bits per heavy atom. The minimum absolute atomic E-state index is 0.0787. The molecule has 0 aliphatic carbocycles. The van der Waals surface area contributed by atoms with Gasteiger partial charge in [0.25, 0.3) is 0 Å². The number of nitrogens with zero attached hydrogens (tertiary/aromatic N) is 3. The SMILES string of the molecule is CC(=O)NC[C@H]1CN(c2ccc(N3CCCC3=CC#N)c(F)c2)C(=O)O1.CC1OC1=O. The van der Waals surface area contributed by atoms with Gasteiger partial charge in [-0.05, 0) is 38.0 Å². The number of rotatable bonds is 4. The van der Waals surface area contributed by atoms with E-state index in [4.69, 9.17) is 10.00 Å². The van der Waals surface area contributed by atoms with Gasteiger partial charge in [0.2, 0.25) is 5.91 Å². The van der Waals surface area contributed by atoms with Crippen LogP contribution in [0, 0.1) is 17.1 Å². The van der Waals surface area contributed by atoms with Crippen molar-refractivity contribution in [2.75, 3.05) is 29.4 Å². The molecule has 3 aliphatic heterocycles. The van der Waals surface area contributed by atoms with E-state index in [-0.39, 0.29) is 31.1 Å². The van der Waals surface area contributed by atoms with Crippen LogP contribution < -0.4 is 15.1 Å². The Bertz CT molecular complexity index is 958. The van der Waals surface area contributed by atoms with Crippen molar-refractivity contribution in [3.05, 3.63) is 35.8 Å². The van der Waals surface area contributed by atoms with Gasteiger partial charge < -0.3 is 19.7 Å². The highest BCUT2D eigenvalue weighted by molar-refractivity contribution is 5.90. The number of nitrogens with one attached hydrogen (secondary N) is 1. The number of ether oxygens (including phenoxy) is 2. The fraction of sp³-hybridized carbons (Fsp3) is 0.429. The van der Waals surface area contributed by atoms with E-state index in [1.807, 2.05) is 6.07 Å². The monoisotopic (exact) mass is 430 g/mol. The van der Waals surface area contributed by atoms with E-state index >= 15 is 0 Å². The summed E-state index contributed by atoms with van der Waals surface area (Å²) in [5.74, 6) is -0.752. The highest BCUT2D eigenvalue weighted by Crippen LogP contribution is 2.33. The number of anilines is 2. The van der Waals surface area contributed by atoms with E-state index in [0.29, 0.717) is 17.9 Å². The van der Waals surface area contributed by atoms with Crippen LogP contribution >= 0.6 is 0 Å². The van der Waals surface area contributed by atoms with Gasteiger partial charge in [0.05, 0.1) is 30.5 Å². The summed E-state index contributed by atoms with van der Waals surface area (Å²) in [5, 5.41) is 11.4. The Kier molecular flexibility index (Phi) is 6.74. The number of carbonyl (C=O) groups excluding carboxylic acids is 3. The van der Waals surface area contributed by atoms with Crippen molar-refractivity contribution in [3.63, 3.8) is 0 Å². The molecule has 9 nitrogen and oxygen atoms in total. The van der Waals surface area contributed by atoms with Crippen LogP contribution in [0.3, 0.4) is 0 Å². The topological polar surface area (TPSA) is 115 Å². The van der Waals surface area contributed by atoms with E-state index in [2.05, 4.69) is 10.1 Å². The summed E-state index contributed by atoms with van der Waals surface area (Å²) < 4.78 is 24.1. The van der Waals surface area contributed by atoms with Crippen molar-refractivity contribution in [2.45, 2.75) is 38.9 Å². The van der Waals surface area contributed by atoms with Crippen LogP contribution in [0.15, 0.2) is 30.0 Å². The van der Waals surface area contributed by atoms with E-state index in [1.54, 1.807) is 24.0 Å². The quantitative estimate of drug-likeness (QED) is 0.575. The molecule has 1 aromatic rings. The second kappa shape index (κ2) is 9.47. The summed E-state index contributed by atoms with van der Waals surface area (Å²) in [6, 6.07) is 6.54. The second-order valence-electron chi connectivity index (χ2n) is 7.29. The summed E-state index contributed by atoms with van der Waals surface area (Å²) in [6.45, 7) is 4.21. The zero-order chi connectivity index (χ0) is 22.5. The molecule has 1 aromatic carbocycles. The highest BCUT2D eigenvalue weighted by atomic mass is 19.1. The lowest BCUT2D eigenvalue weighted by atomic mass is 10.2. The number of halogens is 1. The van der Waals surface area contributed by atoms with E-state index < -0.39 is 18.0 Å². The van der Waals surface area contributed by atoms with Crippen LogP contribution in [0.4, 0.5) is 20.6 Å². The number of benzene rings is 1. The third-order valence-electron chi connectivity index (χ3n) is 4.95. The lowest BCUT2D eigenvalue weighted by Gasteiger charge is -2.22. The number of hydrogen-bond donors (Lipinski definition) is 1. The van der Waals surface area contributed by atoms with Crippen molar-refractivity contribution in [1.82, 2.24) is 5.32 Å². The zero-order valence-corrected chi connectivity index (χ0v) is 17.3. The lowest BCUT2D eigenvalue weighted by molar-refractivity contribution is -0.119. The fourth-order valence-corrected chi connectivity index (χ4v) is 3.32. The molecule has 4 rings (SSSR count). The zero-order valence-electron chi connectivity index (χ0n) is 17.3. The summed E-state index contributed by atoms with van der Waals surface area (Å²) in [7, 11) is 0. The van der Waals surface area contributed by atoms with Crippen LogP contribution in [0.25, 0.3) is 0 Å². The van der Waals surface area contributed by atoms with Gasteiger partial charge in [-0.25, -0.2) is 14.0 Å². The molecular weight excluding hydrogens is 407 g/mol. The van der Waals surface area contributed by atoms with Gasteiger partial charge in [-0.15, -0.1) is 0 Å². The third-order valence-corrected chi connectivity index (χ3v) is 4.95. The Hall–Kier alpha value is -3.61. The smallest absolute Gasteiger partial charge is 0.414 e. The largest absolute Gasteiger partial charge is 0.448 e. The molecule has 2 atom stereocenters. The van der Waals surface area contributed by atoms with Gasteiger partial charge in [-0.1, -0.05) is 0 Å². The van der Waals surface area contributed by atoms with Gasteiger partial charge in [0, 0.05) is 25.2 Å². The van der Waals surface area contributed by atoms with Crippen LogP contribution in [0.1, 0.15) is 26.7 Å². The maximum Gasteiger partial charge on any atom is 0.414 e. The number of cyclic esters (lactones) is 2. The van der Waals surface area contributed by atoms with Gasteiger partial charge in [0.1, 0.15) is 11.9 Å². The lowest BCUT2D eigenvalue weighted by Crippen LogP contribution is -2.33. The molecule has 3 fully saturated rings. The molecule has 3 saturated heterocycles. The molecule has 0 aromatic heterocycles. The molecule has 0 bridgehead atoms. The highest BCUT2D eigenvalue weighted by Gasteiger charge is 2.33. The van der Waals surface area contributed by atoms with Crippen molar-refractivity contribution in [3.8, 4) is 6.07 Å². The number of amides is 2. The number of nitriles is 1. The fourth-order valence-electron chi connectivity index (χ4n) is 3.32. The van der Waals surface area contributed by atoms with Gasteiger partial charge in [-0.2, -0.15) is 5.26 Å². The molecule has 3 aliphatic rings. The molecule has 2 amide bonds. The molecule has 31 heavy (non-hydrogen) atoms. The average molecular weight is 430 g/mol. The minimum Gasteiger partial charge on any atom is -0.448 e. The normalized spacial score (nSPS) is 23.0. The summed E-state index contributed by atoms with van der Waals surface area (Å²) in [6.07, 6.45) is 1.90. The molecule has 0 saturated carbocycles. The van der Waals surface area contributed by atoms with Gasteiger partial charge in [0.15, 0.2) is 6.10 Å². The van der Waals surface area contributed by atoms with Crippen LogP contribution in [0.2, 0.25) is 0 Å². The van der Waals surface area contributed by atoms with E-state index in [0.717, 1.165) is 18.5 Å². The number of allylic oxidation sites excluding steroid dienone is 2. The molecule has 0 spiro atoms. The first-order valence-corrected chi connectivity index (χ1v) is 9.89. The maximum atomic E-state index is 14.7. The predicted octanol–water partition coefficient (Wildman–Crippen LogP) is 2.23. The molecule has 10 heteroatoms. The van der Waals surface area contributed by atoms with E-state index in [1.165, 1.54) is 24.0 Å². The Labute approximate surface area is 179 Å². The number of carbonyl (C=O) groups is 3. The summed E-state index contributed by atoms with van der Waals surface area (Å²) >= 11 is 0. The predicted molar refractivity (Wildman–Crippen MR) is 109 cm³/mol. The molecule has 0 radical (unpaired) electrons. The molecule has 164 valence electrons. The Morgan fingerprint density at radius 2 is 2.06 bits per heavy atom. The molecular formula is C21H23FN4O5. The summed E-state index contributed by atoms with van der Waals surface area (Å²) in [4.78, 5) is 35.8. The van der Waals surface area contributed by atoms with Gasteiger partial charge in [-0.3, -0.25) is 9.69 Å². The number of epoxide rings is 1. The summed E-state index contributed by atoms with van der Waals surface area (Å²) in [5.41, 5.74) is 1.57. The van der Waals surface area contributed by atoms with Crippen molar-refractivity contribution in [2.24, 2.45) is 0 Å². The Morgan fingerprint density at radius 3 is 2.65 bits per heavy atom. The van der Waals surface area contributed by atoms with Crippen molar-refractivity contribution < 1.29 is 28.2 Å². The van der Waals surface area contributed by atoms with Crippen LogP contribution in [-0.2, 0) is 19.1 Å². The molecule has 1 unspecified atom stereocenters. The van der Waals surface area contributed by atoms with Crippen LogP contribution in [0.5, 0.6) is 0 Å². The van der Waals surface area contributed by atoms with E-state index in [9.17, 15) is 18.8 Å². The molecule has 1 N–H and O–H groups in total. The molecule has 3 heterocycles. The second-order valence-corrected chi connectivity index (χ2v) is 7.29. The number of hydrogen-bond acceptors (Lipinski definition) is 7. The maximum absolute atomic E-state index is 14.7. The van der Waals surface area contributed by atoms with Crippen molar-refractivity contribution >= 4 is 29.3 Å². The standard InChI is InChI=1S/C18H19FN4O3.C3H4O2/c1-12(24)21-10-15-11-23(18(25)26-15)14-4-5-17(16(19)9-14)22-8-2-3-13(22)6-7-20;1-2-3(4)5-2/h4-6,9,15H,2-3,8,10-11H2,1H3,(H,21,24);2H,1H3/t15-;/m0./s1. The van der Waals surface area contributed by atoms with Crippen molar-refractivity contribution in [1.29, 1.82) is 5.26 Å². The first kappa shape index (κ1) is 22.1. The minimum atomic E-state index is -0.571. The first-order chi connectivity index (χ1) is 14.8.